The van der Waals surface area contributed by atoms with Gasteiger partial charge >= 0.3 is 0 Å². The van der Waals surface area contributed by atoms with Crippen molar-refractivity contribution in [2.24, 2.45) is 0 Å². The highest BCUT2D eigenvalue weighted by molar-refractivity contribution is 9.10. The predicted octanol–water partition coefficient (Wildman–Crippen LogP) is 1.98. The van der Waals surface area contributed by atoms with Crippen molar-refractivity contribution in [2.75, 3.05) is 7.11 Å². The van der Waals surface area contributed by atoms with E-state index in [1.807, 2.05) is 0 Å². The first-order valence-corrected chi connectivity index (χ1v) is 4.00. The van der Waals surface area contributed by atoms with E-state index in [2.05, 4.69) is 15.9 Å². The molecule has 0 fully saturated rings. The Labute approximate surface area is 78.1 Å². The molecule has 1 aromatic rings. The molecule has 0 amide bonds. The van der Waals surface area contributed by atoms with E-state index in [1.54, 1.807) is 6.07 Å². The van der Waals surface area contributed by atoms with E-state index in [9.17, 15) is 9.90 Å². The lowest BCUT2D eigenvalue weighted by Crippen LogP contribution is -1.89. The molecule has 64 valence electrons. The number of carbonyl (C=O) groups is 1. The Morgan fingerprint density at radius 2 is 2.25 bits per heavy atom. The van der Waals surface area contributed by atoms with Gasteiger partial charge in [-0.1, -0.05) is 0 Å². The molecule has 0 bridgehead atoms. The summed E-state index contributed by atoms with van der Waals surface area (Å²) in [5.74, 6) is 0.140. The van der Waals surface area contributed by atoms with Gasteiger partial charge < -0.3 is 9.84 Å². The third-order valence-electron chi connectivity index (χ3n) is 1.45. The van der Waals surface area contributed by atoms with Gasteiger partial charge in [-0.3, -0.25) is 4.79 Å². The van der Waals surface area contributed by atoms with Gasteiger partial charge in [-0.25, -0.2) is 0 Å². The molecule has 0 aliphatic heterocycles. The van der Waals surface area contributed by atoms with Gasteiger partial charge in [0.15, 0.2) is 17.8 Å². The summed E-state index contributed by atoms with van der Waals surface area (Å²) in [6.07, 6.45) is 0.574. The Morgan fingerprint density at radius 3 is 2.75 bits per heavy atom. The molecule has 0 saturated heterocycles. The first-order valence-electron chi connectivity index (χ1n) is 3.21. The topological polar surface area (TPSA) is 46.5 Å². The lowest BCUT2D eigenvalue weighted by molar-refractivity contribution is 0.112. The Morgan fingerprint density at radius 1 is 1.58 bits per heavy atom. The van der Waals surface area contributed by atoms with Gasteiger partial charge in [0.25, 0.3) is 0 Å². The molecule has 0 unspecified atom stereocenters. The fourth-order valence-electron chi connectivity index (χ4n) is 0.851. The van der Waals surface area contributed by atoms with Crippen LogP contribution in [0.25, 0.3) is 0 Å². The standard InChI is InChI=1S/C8H7BrO3/c1-12-8-6(9)3-2-5(4-10)7(8)11/h2-4,11H,1H3. The average Bonchev–Trinajstić information content (AvgIpc) is 2.06. The SMILES string of the molecule is COc1c(Br)ccc(C=O)c1O. The molecule has 1 aromatic carbocycles. The quantitative estimate of drug-likeness (QED) is 0.791. The van der Waals surface area contributed by atoms with Crippen LogP contribution < -0.4 is 4.74 Å². The van der Waals surface area contributed by atoms with E-state index in [0.717, 1.165) is 0 Å². The van der Waals surface area contributed by atoms with Gasteiger partial charge in [-0.15, -0.1) is 0 Å². The molecule has 12 heavy (non-hydrogen) atoms. The second kappa shape index (κ2) is 3.58. The van der Waals surface area contributed by atoms with Gasteiger partial charge in [0.1, 0.15) is 0 Å². The number of halogens is 1. The Hall–Kier alpha value is -1.03. The number of carbonyl (C=O) groups excluding carboxylic acids is 1. The third-order valence-corrected chi connectivity index (χ3v) is 2.07. The maximum absolute atomic E-state index is 10.4. The molecule has 0 saturated carbocycles. The van der Waals surface area contributed by atoms with Crippen molar-refractivity contribution in [1.29, 1.82) is 0 Å². The second-order valence-corrected chi connectivity index (χ2v) is 2.99. The monoisotopic (exact) mass is 230 g/mol. The fraction of sp³-hybridized carbons (Fsp3) is 0.125. The first-order chi connectivity index (χ1) is 5.70. The zero-order valence-electron chi connectivity index (χ0n) is 6.37. The van der Waals surface area contributed by atoms with Crippen molar-refractivity contribution < 1.29 is 14.6 Å². The minimum Gasteiger partial charge on any atom is -0.504 e. The first kappa shape index (κ1) is 9.06. The lowest BCUT2D eigenvalue weighted by atomic mass is 10.2. The smallest absolute Gasteiger partial charge is 0.175 e. The van der Waals surface area contributed by atoms with Gasteiger partial charge in [-0.05, 0) is 28.1 Å². The molecular weight excluding hydrogens is 224 g/mol. The van der Waals surface area contributed by atoms with Crippen molar-refractivity contribution >= 4 is 22.2 Å². The Bertz CT molecular complexity index is 309. The number of ether oxygens (including phenoxy) is 1. The number of aldehydes is 1. The van der Waals surface area contributed by atoms with Crippen molar-refractivity contribution in [1.82, 2.24) is 0 Å². The van der Waals surface area contributed by atoms with Crippen LogP contribution >= 0.6 is 15.9 Å². The highest BCUT2D eigenvalue weighted by Crippen LogP contribution is 2.36. The molecule has 1 rings (SSSR count). The summed E-state index contributed by atoms with van der Waals surface area (Å²) >= 11 is 3.17. The van der Waals surface area contributed by atoms with Crippen molar-refractivity contribution in [3.8, 4) is 11.5 Å². The summed E-state index contributed by atoms with van der Waals surface area (Å²) in [6.45, 7) is 0. The largest absolute Gasteiger partial charge is 0.504 e. The fourth-order valence-corrected chi connectivity index (χ4v) is 1.33. The van der Waals surface area contributed by atoms with Crippen molar-refractivity contribution in [3.05, 3.63) is 22.2 Å². The zero-order valence-corrected chi connectivity index (χ0v) is 7.96. The van der Waals surface area contributed by atoms with Crippen LogP contribution in [0, 0.1) is 0 Å². The maximum atomic E-state index is 10.4. The maximum Gasteiger partial charge on any atom is 0.175 e. The number of hydrogen-bond donors (Lipinski definition) is 1. The molecule has 0 aliphatic carbocycles. The van der Waals surface area contributed by atoms with E-state index in [1.165, 1.54) is 13.2 Å². The molecular formula is C8H7BrO3. The summed E-state index contributed by atoms with van der Waals surface area (Å²) in [5, 5.41) is 9.38. The van der Waals surface area contributed by atoms with Crippen molar-refractivity contribution in [2.45, 2.75) is 0 Å². The lowest BCUT2D eigenvalue weighted by Gasteiger charge is -2.06. The van der Waals surface area contributed by atoms with Crippen LogP contribution in [-0.4, -0.2) is 18.5 Å². The van der Waals surface area contributed by atoms with E-state index in [0.29, 0.717) is 10.8 Å². The minimum atomic E-state index is -0.137. The van der Waals surface area contributed by atoms with E-state index in [-0.39, 0.29) is 17.1 Å². The summed E-state index contributed by atoms with van der Waals surface area (Å²) in [4.78, 5) is 10.4. The molecule has 1 N–H and O–H groups in total. The number of methoxy groups -OCH3 is 1. The normalized spacial score (nSPS) is 9.50. The highest BCUT2D eigenvalue weighted by atomic mass is 79.9. The van der Waals surface area contributed by atoms with Gasteiger partial charge in [0.2, 0.25) is 0 Å². The van der Waals surface area contributed by atoms with Crippen LogP contribution in [0.3, 0.4) is 0 Å². The van der Waals surface area contributed by atoms with E-state index in [4.69, 9.17) is 4.74 Å². The summed E-state index contributed by atoms with van der Waals surface area (Å²) in [6, 6.07) is 3.15. The van der Waals surface area contributed by atoms with Crippen LogP contribution in [0.2, 0.25) is 0 Å². The second-order valence-electron chi connectivity index (χ2n) is 2.14. The minimum absolute atomic E-state index is 0.137. The van der Waals surface area contributed by atoms with E-state index >= 15 is 0 Å². The van der Waals surface area contributed by atoms with Gasteiger partial charge in [0.05, 0.1) is 17.1 Å². The molecule has 0 aromatic heterocycles. The van der Waals surface area contributed by atoms with Gasteiger partial charge in [0, 0.05) is 0 Å². The van der Waals surface area contributed by atoms with Gasteiger partial charge in [-0.2, -0.15) is 0 Å². The molecule has 0 spiro atoms. The number of benzene rings is 1. The number of phenols is 1. The van der Waals surface area contributed by atoms with Crippen LogP contribution in [0.15, 0.2) is 16.6 Å². The molecule has 0 radical (unpaired) electrons. The molecule has 0 atom stereocenters. The van der Waals surface area contributed by atoms with Crippen LogP contribution in [0.4, 0.5) is 0 Å². The summed E-state index contributed by atoms with van der Waals surface area (Å²) < 4.78 is 5.48. The molecule has 0 heterocycles. The van der Waals surface area contributed by atoms with E-state index < -0.39 is 0 Å². The number of phenolic OH excluding ortho intramolecular Hbond substituents is 1. The highest BCUT2D eigenvalue weighted by Gasteiger charge is 2.10. The molecule has 0 aliphatic rings. The summed E-state index contributed by atoms with van der Waals surface area (Å²) in [5.41, 5.74) is 0.218. The molecule has 4 heteroatoms. The van der Waals surface area contributed by atoms with Crippen LogP contribution in [0.5, 0.6) is 11.5 Å². The Balaban J connectivity index is 3.33. The Kier molecular flexibility index (Phi) is 2.70. The summed E-state index contributed by atoms with van der Waals surface area (Å²) in [7, 11) is 1.42. The van der Waals surface area contributed by atoms with Crippen molar-refractivity contribution in [3.63, 3.8) is 0 Å². The number of hydrogen-bond acceptors (Lipinski definition) is 3. The third kappa shape index (κ3) is 1.43. The van der Waals surface area contributed by atoms with Crippen LogP contribution in [0.1, 0.15) is 10.4 Å². The average molecular weight is 231 g/mol. The predicted molar refractivity (Wildman–Crippen MR) is 47.7 cm³/mol. The molecule has 3 nitrogen and oxygen atoms in total. The number of rotatable bonds is 2. The zero-order chi connectivity index (χ0) is 9.14. The number of aromatic hydroxyl groups is 1. The van der Waals surface area contributed by atoms with Crippen LogP contribution in [-0.2, 0) is 0 Å².